The molecule has 0 aliphatic rings. The number of carbonyl (C=O) groups is 3. The van der Waals surface area contributed by atoms with Crippen LogP contribution in [0.4, 0.5) is 0 Å². The first-order valence-corrected chi connectivity index (χ1v) is 33.0. The molecule has 0 rings (SSSR count). The van der Waals surface area contributed by atoms with Crippen molar-refractivity contribution in [3.05, 3.63) is 36.5 Å². The summed E-state index contributed by atoms with van der Waals surface area (Å²) in [7, 11) is 0. The molecule has 6 heteroatoms. The van der Waals surface area contributed by atoms with Crippen LogP contribution in [0.1, 0.15) is 361 Å². The Bertz CT molecular complexity index is 1240. The van der Waals surface area contributed by atoms with E-state index in [2.05, 4.69) is 57.2 Å². The molecule has 74 heavy (non-hydrogen) atoms. The van der Waals surface area contributed by atoms with Gasteiger partial charge in [0.05, 0.1) is 0 Å². The van der Waals surface area contributed by atoms with Crippen LogP contribution in [0.3, 0.4) is 0 Å². The van der Waals surface area contributed by atoms with Gasteiger partial charge in [-0.25, -0.2) is 0 Å². The van der Waals surface area contributed by atoms with Gasteiger partial charge in [-0.3, -0.25) is 14.4 Å². The van der Waals surface area contributed by atoms with Crippen LogP contribution in [0.15, 0.2) is 36.5 Å². The molecule has 6 nitrogen and oxygen atoms in total. The van der Waals surface area contributed by atoms with Crippen LogP contribution in [-0.4, -0.2) is 37.2 Å². The number of unbranched alkanes of at least 4 members (excludes halogenated alkanes) is 44. The molecule has 0 radical (unpaired) electrons. The van der Waals surface area contributed by atoms with E-state index in [-0.39, 0.29) is 31.1 Å². The number of hydrogen-bond donors (Lipinski definition) is 0. The SMILES string of the molecule is CCCCC/C=C\CCCCCCCC(=O)OCC(COC(=O)CCCCCCCCCCCCC/C=C\C/C=C\CCCCCCC)OC(=O)CCCCCCCCCCCCCCCCCCCCCCC. The van der Waals surface area contributed by atoms with Crippen molar-refractivity contribution in [1.29, 1.82) is 0 Å². The summed E-state index contributed by atoms with van der Waals surface area (Å²) >= 11 is 0. The summed E-state index contributed by atoms with van der Waals surface area (Å²) in [5.41, 5.74) is 0. The highest BCUT2D eigenvalue weighted by Crippen LogP contribution is 2.18. The predicted octanol–water partition coefficient (Wildman–Crippen LogP) is 22.4. The van der Waals surface area contributed by atoms with Gasteiger partial charge in [0.2, 0.25) is 0 Å². The Kier molecular flexibility index (Phi) is 61.1. The van der Waals surface area contributed by atoms with E-state index in [1.165, 1.54) is 250 Å². The summed E-state index contributed by atoms with van der Waals surface area (Å²) < 4.78 is 16.9. The first kappa shape index (κ1) is 71.6. The number of esters is 3. The zero-order chi connectivity index (χ0) is 53.6. The van der Waals surface area contributed by atoms with Gasteiger partial charge >= 0.3 is 17.9 Å². The Morgan fingerprint density at radius 2 is 0.486 bits per heavy atom. The van der Waals surface area contributed by atoms with Crippen molar-refractivity contribution in [2.24, 2.45) is 0 Å². The molecule has 0 aliphatic heterocycles. The molecule has 0 aromatic rings. The first-order chi connectivity index (χ1) is 36.5. The van der Waals surface area contributed by atoms with Crippen molar-refractivity contribution in [3.63, 3.8) is 0 Å². The zero-order valence-electron chi connectivity index (χ0n) is 49.9. The molecule has 0 saturated carbocycles. The van der Waals surface area contributed by atoms with Gasteiger partial charge in [-0.1, -0.05) is 301 Å². The number of carbonyl (C=O) groups excluding carboxylic acids is 3. The molecular weight excluding hydrogens is 913 g/mol. The maximum atomic E-state index is 12.9. The third-order valence-corrected chi connectivity index (χ3v) is 14.9. The second-order valence-electron chi connectivity index (χ2n) is 22.4. The Labute approximate surface area is 461 Å². The van der Waals surface area contributed by atoms with Crippen molar-refractivity contribution in [2.45, 2.75) is 367 Å². The van der Waals surface area contributed by atoms with Gasteiger partial charge in [-0.2, -0.15) is 0 Å². The topological polar surface area (TPSA) is 78.9 Å². The van der Waals surface area contributed by atoms with Gasteiger partial charge in [0.1, 0.15) is 13.2 Å². The van der Waals surface area contributed by atoms with Crippen LogP contribution in [0.25, 0.3) is 0 Å². The lowest BCUT2D eigenvalue weighted by molar-refractivity contribution is -0.167. The summed E-state index contributed by atoms with van der Waals surface area (Å²) in [5, 5.41) is 0. The van der Waals surface area contributed by atoms with Gasteiger partial charge in [0.15, 0.2) is 6.10 Å². The fourth-order valence-electron chi connectivity index (χ4n) is 9.88. The van der Waals surface area contributed by atoms with E-state index in [9.17, 15) is 14.4 Å². The van der Waals surface area contributed by atoms with Crippen molar-refractivity contribution in [1.82, 2.24) is 0 Å². The molecule has 0 bridgehead atoms. The van der Waals surface area contributed by atoms with Gasteiger partial charge in [0, 0.05) is 19.3 Å². The van der Waals surface area contributed by atoms with E-state index in [1.54, 1.807) is 0 Å². The summed E-state index contributed by atoms with van der Waals surface area (Å²) in [5.74, 6) is -0.858. The van der Waals surface area contributed by atoms with E-state index in [0.29, 0.717) is 19.3 Å². The van der Waals surface area contributed by atoms with Crippen molar-refractivity contribution < 1.29 is 28.6 Å². The highest BCUT2D eigenvalue weighted by Gasteiger charge is 2.19. The molecular formula is C68H126O6. The van der Waals surface area contributed by atoms with E-state index in [4.69, 9.17) is 14.2 Å². The van der Waals surface area contributed by atoms with Gasteiger partial charge in [0.25, 0.3) is 0 Å². The Morgan fingerprint density at radius 1 is 0.270 bits per heavy atom. The van der Waals surface area contributed by atoms with E-state index >= 15 is 0 Å². The third-order valence-electron chi connectivity index (χ3n) is 14.9. The molecule has 434 valence electrons. The molecule has 1 unspecified atom stereocenters. The molecule has 0 saturated heterocycles. The lowest BCUT2D eigenvalue weighted by atomic mass is 10.0. The number of allylic oxidation sites excluding steroid dienone is 6. The average Bonchev–Trinajstić information content (AvgIpc) is 3.40. The summed E-state index contributed by atoms with van der Waals surface area (Å²) in [6.07, 6.45) is 77.3. The summed E-state index contributed by atoms with van der Waals surface area (Å²) in [4.78, 5) is 38.3. The lowest BCUT2D eigenvalue weighted by Gasteiger charge is -2.18. The highest BCUT2D eigenvalue weighted by molar-refractivity contribution is 5.71. The fraction of sp³-hybridized carbons (Fsp3) is 0.868. The normalized spacial score (nSPS) is 12.2. The predicted molar refractivity (Wildman–Crippen MR) is 321 cm³/mol. The van der Waals surface area contributed by atoms with Crippen molar-refractivity contribution >= 4 is 17.9 Å². The summed E-state index contributed by atoms with van der Waals surface area (Å²) in [6, 6.07) is 0. The van der Waals surface area contributed by atoms with E-state index in [1.807, 2.05) is 0 Å². The monoisotopic (exact) mass is 1040 g/mol. The molecule has 0 fully saturated rings. The van der Waals surface area contributed by atoms with Gasteiger partial charge in [-0.05, 0) is 77.0 Å². The minimum Gasteiger partial charge on any atom is -0.462 e. The minimum atomic E-state index is -0.774. The van der Waals surface area contributed by atoms with Crippen LogP contribution in [0, 0.1) is 0 Å². The smallest absolute Gasteiger partial charge is 0.306 e. The second-order valence-corrected chi connectivity index (χ2v) is 22.4. The molecule has 0 aromatic heterocycles. The van der Waals surface area contributed by atoms with Crippen LogP contribution in [0.2, 0.25) is 0 Å². The molecule has 0 N–H and O–H groups in total. The number of hydrogen-bond acceptors (Lipinski definition) is 6. The standard InChI is InChI=1S/C68H126O6/c1-4-7-10-13-16-19-22-25-27-29-31-33-34-36-37-39-41-43-46-49-52-55-58-61-67(70)73-64-65(63-72-66(69)60-57-54-51-48-45-24-21-18-15-12-9-6-3)74-68(71)62-59-56-53-50-47-44-42-40-38-35-32-30-28-26-23-20-17-14-11-8-5-2/h18,21-22,25,29,31,65H,4-17,19-20,23-24,26-28,30,32-64H2,1-3H3/b21-18-,25-22-,31-29-. The Morgan fingerprint density at radius 3 is 0.784 bits per heavy atom. The zero-order valence-corrected chi connectivity index (χ0v) is 49.9. The van der Waals surface area contributed by atoms with Crippen molar-refractivity contribution in [2.75, 3.05) is 13.2 Å². The third kappa shape index (κ3) is 60.5. The maximum Gasteiger partial charge on any atom is 0.306 e. The number of ether oxygens (including phenoxy) is 3. The Hall–Kier alpha value is -2.37. The average molecular weight is 1040 g/mol. The largest absolute Gasteiger partial charge is 0.462 e. The molecule has 0 aromatic carbocycles. The molecule has 0 amide bonds. The maximum absolute atomic E-state index is 12.9. The molecule has 1 atom stereocenters. The van der Waals surface area contributed by atoms with Crippen LogP contribution >= 0.6 is 0 Å². The van der Waals surface area contributed by atoms with Crippen LogP contribution < -0.4 is 0 Å². The van der Waals surface area contributed by atoms with Crippen LogP contribution in [0.5, 0.6) is 0 Å². The summed E-state index contributed by atoms with van der Waals surface area (Å²) in [6.45, 7) is 6.66. The Balaban J connectivity index is 4.25. The van der Waals surface area contributed by atoms with Gasteiger partial charge in [-0.15, -0.1) is 0 Å². The van der Waals surface area contributed by atoms with Gasteiger partial charge < -0.3 is 14.2 Å². The minimum absolute atomic E-state index is 0.0716. The lowest BCUT2D eigenvalue weighted by Crippen LogP contribution is -2.30. The quantitative estimate of drug-likeness (QED) is 0.0261. The molecule has 0 spiro atoms. The van der Waals surface area contributed by atoms with Crippen molar-refractivity contribution in [3.8, 4) is 0 Å². The second kappa shape index (κ2) is 63.2. The molecule has 0 aliphatic carbocycles. The fourth-order valence-corrected chi connectivity index (χ4v) is 9.88. The molecule has 0 heterocycles. The van der Waals surface area contributed by atoms with E-state index < -0.39 is 6.10 Å². The number of rotatable bonds is 61. The van der Waals surface area contributed by atoms with E-state index in [0.717, 1.165) is 70.6 Å². The van der Waals surface area contributed by atoms with Crippen LogP contribution in [-0.2, 0) is 28.6 Å². The highest BCUT2D eigenvalue weighted by atomic mass is 16.6. The first-order valence-electron chi connectivity index (χ1n) is 33.0.